The molecule has 1 aromatic heterocycles. The van der Waals surface area contributed by atoms with Crippen molar-refractivity contribution in [1.29, 1.82) is 0 Å². The summed E-state index contributed by atoms with van der Waals surface area (Å²) < 4.78 is 6.27. The molecule has 0 saturated carbocycles. The average Bonchev–Trinajstić information content (AvgIpc) is 2.89. The monoisotopic (exact) mass is 387 g/mol. The molecule has 128 valence electrons. The van der Waals surface area contributed by atoms with Crippen molar-refractivity contribution in [1.82, 2.24) is 5.32 Å². The van der Waals surface area contributed by atoms with E-state index in [2.05, 4.69) is 5.32 Å². The molecule has 24 heavy (non-hydrogen) atoms. The van der Waals surface area contributed by atoms with Crippen molar-refractivity contribution in [2.75, 3.05) is 6.61 Å². The van der Waals surface area contributed by atoms with Gasteiger partial charge in [0.15, 0.2) is 0 Å². The van der Waals surface area contributed by atoms with Crippen molar-refractivity contribution in [3.8, 4) is 5.75 Å². The lowest BCUT2D eigenvalue weighted by molar-refractivity contribution is -0.137. The molecule has 0 aliphatic carbocycles. The van der Waals surface area contributed by atoms with Gasteiger partial charge in [-0.05, 0) is 30.2 Å². The first kappa shape index (κ1) is 18.6. The zero-order chi connectivity index (χ0) is 17.5. The van der Waals surface area contributed by atoms with Crippen LogP contribution in [0.4, 0.5) is 0 Å². The molecule has 2 rings (SSSR count). The van der Waals surface area contributed by atoms with Gasteiger partial charge in [0.1, 0.15) is 10.1 Å². The number of amides is 1. The Morgan fingerprint density at radius 3 is 2.50 bits per heavy atom. The van der Waals surface area contributed by atoms with Crippen molar-refractivity contribution in [2.24, 2.45) is 0 Å². The van der Waals surface area contributed by atoms with Crippen LogP contribution in [0.25, 0.3) is 0 Å². The van der Waals surface area contributed by atoms with E-state index in [1.165, 1.54) is 6.07 Å². The van der Waals surface area contributed by atoms with Crippen LogP contribution in [-0.2, 0) is 11.3 Å². The van der Waals surface area contributed by atoms with E-state index in [0.29, 0.717) is 39.6 Å². The zero-order valence-electron chi connectivity index (χ0n) is 12.6. The van der Waals surface area contributed by atoms with Crippen molar-refractivity contribution in [3.05, 3.63) is 50.1 Å². The number of hydrogen-bond donors (Lipinski definition) is 2. The van der Waals surface area contributed by atoms with Gasteiger partial charge in [-0.2, -0.15) is 0 Å². The number of thiophene rings is 1. The van der Waals surface area contributed by atoms with E-state index in [0.717, 1.165) is 16.9 Å². The summed E-state index contributed by atoms with van der Waals surface area (Å²) in [5.74, 6) is -0.461. The second kappa shape index (κ2) is 8.92. The van der Waals surface area contributed by atoms with Gasteiger partial charge in [0.2, 0.25) is 0 Å². The van der Waals surface area contributed by atoms with E-state index in [1.54, 1.807) is 12.1 Å². The Balaban J connectivity index is 1.80. The molecule has 5 nitrogen and oxygen atoms in total. The molecule has 2 N–H and O–H groups in total. The molecule has 0 aliphatic heterocycles. The molecule has 0 atom stereocenters. The van der Waals surface area contributed by atoms with Crippen LogP contribution in [-0.4, -0.2) is 23.6 Å². The average molecular weight is 388 g/mol. The van der Waals surface area contributed by atoms with Gasteiger partial charge in [-0.25, -0.2) is 0 Å². The van der Waals surface area contributed by atoms with Crippen molar-refractivity contribution in [3.63, 3.8) is 0 Å². The minimum Gasteiger partial charge on any atom is -0.494 e. The fourth-order valence-corrected chi connectivity index (χ4v) is 3.35. The molecule has 1 aromatic carbocycles. The molecule has 0 spiro atoms. The molecule has 8 heteroatoms. The summed E-state index contributed by atoms with van der Waals surface area (Å²) in [5.41, 5.74) is 1.27. The maximum Gasteiger partial charge on any atom is 0.303 e. The van der Waals surface area contributed by atoms with Gasteiger partial charge in [0.25, 0.3) is 5.91 Å². The molecule has 1 amide bonds. The molecule has 0 aliphatic rings. The minimum absolute atomic E-state index is 0.0826. The topological polar surface area (TPSA) is 75.6 Å². The summed E-state index contributed by atoms with van der Waals surface area (Å²) in [4.78, 5) is 22.4. The first-order chi connectivity index (χ1) is 11.5. The Kier molecular flexibility index (Phi) is 6.90. The molecule has 0 bridgehead atoms. The van der Waals surface area contributed by atoms with E-state index >= 15 is 0 Å². The van der Waals surface area contributed by atoms with E-state index in [-0.39, 0.29) is 12.3 Å². The highest BCUT2D eigenvalue weighted by molar-refractivity contribution is 7.20. The van der Waals surface area contributed by atoms with Gasteiger partial charge in [0, 0.05) is 13.0 Å². The number of carboxylic acid groups (broad SMARTS) is 1. The lowest BCUT2D eigenvalue weighted by Gasteiger charge is -2.07. The highest BCUT2D eigenvalue weighted by Gasteiger charge is 2.13. The number of nitrogens with one attached hydrogen (secondary N) is 1. The summed E-state index contributed by atoms with van der Waals surface area (Å²) in [6.45, 7) is 0.696. The lowest BCUT2D eigenvalue weighted by Crippen LogP contribution is -2.22. The van der Waals surface area contributed by atoms with E-state index in [9.17, 15) is 9.59 Å². The van der Waals surface area contributed by atoms with Crippen LogP contribution < -0.4 is 10.1 Å². The van der Waals surface area contributed by atoms with Crippen LogP contribution in [0.3, 0.4) is 0 Å². The van der Waals surface area contributed by atoms with Gasteiger partial charge in [-0.3, -0.25) is 9.59 Å². The summed E-state index contributed by atoms with van der Waals surface area (Å²) >= 11 is 12.9. The largest absolute Gasteiger partial charge is 0.494 e. The maximum absolute atomic E-state index is 12.0. The van der Waals surface area contributed by atoms with Crippen LogP contribution >= 0.6 is 34.5 Å². The summed E-state index contributed by atoms with van der Waals surface area (Å²) in [7, 11) is 0. The number of benzene rings is 1. The van der Waals surface area contributed by atoms with Crippen molar-refractivity contribution < 1.29 is 19.4 Å². The smallest absolute Gasteiger partial charge is 0.303 e. The molecule has 2 aromatic rings. The highest BCUT2D eigenvalue weighted by atomic mass is 35.5. The van der Waals surface area contributed by atoms with Gasteiger partial charge in [-0.15, -0.1) is 11.3 Å². The van der Waals surface area contributed by atoms with Gasteiger partial charge >= 0.3 is 5.97 Å². The van der Waals surface area contributed by atoms with Crippen LogP contribution in [0.5, 0.6) is 5.75 Å². The summed E-state index contributed by atoms with van der Waals surface area (Å²) in [5, 5.41) is 11.3. The fraction of sp³-hybridized carbons (Fsp3) is 0.250. The Bertz CT molecular complexity index is 715. The molecule has 1 heterocycles. The zero-order valence-corrected chi connectivity index (χ0v) is 14.9. The molecular formula is C16H15Cl2NO4S. The third-order valence-electron chi connectivity index (χ3n) is 3.08. The van der Waals surface area contributed by atoms with E-state index in [4.69, 9.17) is 33.0 Å². The first-order valence-corrected chi connectivity index (χ1v) is 8.69. The van der Waals surface area contributed by atoms with Crippen molar-refractivity contribution in [2.45, 2.75) is 19.4 Å². The second-order valence-corrected chi connectivity index (χ2v) is 7.20. The van der Waals surface area contributed by atoms with Crippen LogP contribution in [0.15, 0.2) is 30.3 Å². The molecule has 0 unspecified atom stereocenters. The molecule has 0 saturated heterocycles. The standard InChI is InChI=1S/C16H15Cl2NO4S/c17-13-8-12(15(18)24-13)16(22)19-9-10-3-5-11(6-4-10)23-7-1-2-14(20)21/h3-6,8H,1-2,7,9H2,(H,19,22)(H,20,21). The maximum atomic E-state index is 12.0. The highest BCUT2D eigenvalue weighted by Crippen LogP contribution is 2.31. The Labute approximate surface area is 153 Å². The van der Waals surface area contributed by atoms with E-state index in [1.807, 2.05) is 12.1 Å². The first-order valence-electron chi connectivity index (χ1n) is 7.12. The number of rotatable bonds is 8. The van der Waals surface area contributed by atoms with Gasteiger partial charge in [-0.1, -0.05) is 35.3 Å². The summed E-state index contributed by atoms with van der Waals surface area (Å²) in [6.07, 6.45) is 0.538. The van der Waals surface area contributed by atoms with Gasteiger partial charge in [0.05, 0.1) is 16.5 Å². The number of carbonyl (C=O) groups excluding carboxylic acids is 1. The van der Waals surface area contributed by atoms with E-state index < -0.39 is 5.97 Å². The number of halogens is 2. The molecule has 0 radical (unpaired) electrons. The molecule has 0 fully saturated rings. The molecular weight excluding hydrogens is 373 g/mol. The number of ether oxygens (including phenoxy) is 1. The Morgan fingerprint density at radius 2 is 1.92 bits per heavy atom. The third-order valence-corrected chi connectivity index (χ3v) is 4.57. The number of carbonyl (C=O) groups is 2. The Hall–Kier alpha value is -1.76. The predicted molar refractivity (Wildman–Crippen MR) is 94.3 cm³/mol. The Morgan fingerprint density at radius 1 is 1.21 bits per heavy atom. The predicted octanol–water partition coefficient (Wildman–Crippen LogP) is 4.23. The SMILES string of the molecule is O=C(O)CCCOc1ccc(CNC(=O)c2cc(Cl)sc2Cl)cc1. The third kappa shape index (κ3) is 5.70. The van der Waals surface area contributed by atoms with Gasteiger partial charge < -0.3 is 15.2 Å². The van der Waals surface area contributed by atoms with Crippen molar-refractivity contribution >= 4 is 46.4 Å². The lowest BCUT2D eigenvalue weighted by atomic mass is 10.2. The number of aliphatic carboxylic acids is 1. The quantitative estimate of drug-likeness (QED) is 0.664. The minimum atomic E-state index is -0.836. The van der Waals surface area contributed by atoms with Crippen LogP contribution in [0, 0.1) is 0 Å². The summed E-state index contributed by atoms with van der Waals surface area (Å²) in [6, 6.07) is 8.75. The number of hydrogen-bond acceptors (Lipinski definition) is 4. The number of carboxylic acids is 1. The normalized spacial score (nSPS) is 10.4. The van der Waals surface area contributed by atoms with Crippen LogP contribution in [0.1, 0.15) is 28.8 Å². The fourth-order valence-electron chi connectivity index (χ4n) is 1.89. The van der Waals surface area contributed by atoms with Crippen LogP contribution in [0.2, 0.25) is 8.67 Å². The second-order valence-electron chi connectivity index (χ2n) is 4.91.